The van der Waals surface area contributed by atoms with E-state index in [9.17, 15) is 4.79 Å². The molecular weight excluding hydrogens is 252 g/mol. The molecule has 0 N–H and O–H groups in total. The molecule has 0 spiro atoms. The summed E-state index contributed by atoms with van der Waals surface area (Å²) < 4.78 is 5.98. The zero-order chi connectivity index (χ0) is 14.3. The van der Waals surface area contributed by atoms with Gasteiger partial charge in [-0.05, 0) is 44.9 Å². The van der Waals surface area contributed by atoms with E-state index in [2.05, 4.69) is 11.0 Å². The molecule has 1 unspecified atom stereocenters. The number of Topliss-reactive ketones (excluding diaryl/α,β-unsaturated/α-hetero) is 1. The van der Waals surface area contributed by atoms with Crippen LogP contribution in [0.4, 0.5) is 5.69 Å². The first-order valence-electron chi connectivity index (χ1n) is 7.03. The second-order valence-corrected chi connectivity index (χ2v) is 6.16. The zero-order valence-corrected chi connectivity index (χ0v) is 11.8. The Morgan fingerprint density at radius 2 is 2.25 bits per heavy atom. The molecule has 3 rings (SSSR count). The summed E-state index contributed by atoms with van der Waals surface area (Å²) in [5, 5.41) is 9.07. The number of benzene rings is 1. The highest BCUT2D eigenvalue weighted by Crippen LogP contribution is 2.40. The average molecular weight is 270 g/mol. The van der Waals surface area contributed by atoms with Gasteiger partial charge in [0, 0.05) is 6.42 Å². The Hall–Kier alpha value is -2.02. The molecule has 4 heteroatoms. The number of ether oxygens (including phenoxy) is 1. The van der Waals surface area contributed by atoms with Crippen molar-refractivity contribution in [1.29, 1.82) is 5.26 Å². The summed E-state index contributed by atoms with van der Waals surface area (Å²) in [6.45, 7) is 4.73. The van der Waals surface area contributed by atoms with Gasteiger partial charge in [-0.15, -0.1) is 0 Å². The lowest BCUT2D eigenvalue weighted by Crippen LogP contribution is -2.52. The van der Waals surface area contributed by atoms with Crippen LogP contribution in [0.3, 0.4) is 0 Å². The van der Waals surface area contributed by atoms with Crippen LogP contribution in [-0.4, -0.2) is 24.0 Å². The Morgan fingerprint density at radius 1 is 1.45 bits per heavy atom. The van der Waals surface area contributed by atoms with Crippen molar-refractivity contribution in [2.75, 3.05) is 11.4 Å². The highest BCUT2D eigenvalue weighted by molar-refractivity contribution is 5.90. The molecule has 1 aliphatic heterocycles. The van der Waals surface area contributed by atoms with E-state index in [0.29, 0.717) is 24.3 Å². The number of carbonyl (C=O) groups is 1. The van der Waals surface area contributed by atoms with Crippen molar-refractivity contribution in [1.82, 2.24) is 0 Å². The molecule has 104 valence electrons. The van der Waals surface area contributed by atoms with Crippen molar-refractivity contribution in [3.63, 3.8) is 0 Å². The lowest BCUT2D eigenvalue weighted by atomic mass is 10.0. The summed E-state index contributed by atoms with van der Waals surface area (Å²) in [4.78, 5) is 14.2. The number of hydrogen-bond acceptors (Lipinski definition) is 4. The van der Waals surface area contributed by atoms with E-state index in [1.165, 1.54) is 0 Å². The Balaban J connectivity index is 2.06. The lowest BCUT2D eigenvalue weighted by molar-refractivity contribution is -0.118. The van der Waals surface area contributed by atoms with Crippen LogP contribution in [0.25, 0.3) is 0 Å². The lowest BCUT2D eigenvalue weighted by Gasteiger charge is -2.43. The minimum Gasteiger partial charge on any atom is -0.484 e. The Morgan fingerprint density at radius 3 is 2.90 bits per heavy atom. The molecule has 0 aromatic heterocycles. The standard InChI is InChI=1S/C16H18N2O2/c1-16(2)10-18(12-4-3-5-14(12)19)13-8-11(9-17)6-7-15(13)20-16/h6-8,12H,3-5,10H2,1-2H3. The zero-order valence-electron chi connectivity index (χ0n) is 11.8. The topological polar surface area (TPSA) is 53.3 Å². The number of rotatable bonds is 1. The van der Waals surface area contributed by atoms with Gasteiger partial charge >= 0.3 is 0 Å². The number of ketones is 1. The number of hydrogen-bond donors (Lipinski definition) is 0. The molecule has 1 fully saturated rings. The van der Waals surface area contributed by atoms with E-state index in [4.69, 9.17) is 10.00 Å². The summed E-state index contributed by atoms with van der Waals surface area (Å²) in [5.41, 5.74) is 1.15. The third kappa shape index (κ3) is 2.14. The van der Waals surface area contributed by atoms with E-state index in [1.54, 1.807) is 6.07 Å². The minimum absolute atomic E-state index is 0.0640. The third-order valence-electron chi connectivity index (χ3n) is 3.98. The van der Waals surface area contributed by atoms with Gasteiger partial charge in [0.2, 0.25) is 0 Å². The summed E-state index contributed by atoms with van der Waals surface area (Å²) >= 11 is 0. The molecule has 0 saturated heterocycles. The fourth-order valence-electron chi connectivity index (χ4n) is 3.13. The number of carbonyl (C=O) groups excluding carboxylic acids is 1. The van der Waals surface area contributed by atoms with Gasteiger partial charge in [0.25, 0.3) is 0 Å². The maximum Gasteiger partial charge on any atom is 0.155 e. The van der Waals surface area contributed by atoms with E-state index in [0.717, 1.165) is 24.3 Å². The molecule has 1 aromatic carbocycles. The van der Waals surface area contributed by atoms with Gasteiger partial charge in [0.1, 0.15) is 11.4 Å². The van der Waals surface area contributed by atoms with Crippen LogP contribution >= 0.6 is 0 Å². The van der Waals surface area contributed by atoms with Gasteiger partial charge in [0.15, 0.2) is 5.78 Å². The quantitative estimate of drug-likeness (QED) is 0.787. The molecular formula is C16H18N2O2. The number of nitrogens with zero attached hydrogens (tertiary/aromatic N) is 2. The molecule has 2 aliphatic rings. The summed E-state index contributed by atoms with van der Waals surface area (Å²) in [6, 6.07) is 7.51. The van der Waals surface area contributed by atoms with Crippen molar-refractivity contribution in [2.45, 2.75) is 44.8 Å². The second-order valence-electron chi connectivity index (χ2n) is 6.16. The molecule has 4 nitrogen and oxygen atoms in total. The Bertz CT molecular complexity index is 601. The Labute approximate surface area is 118 Å². The van der Waals surface area contributed by atoms with E-state index >= 15 is 0 Å². The molecule has 20 heavy (non-hydrogen) atoms. The normalized spacial score (nSPS) is 23.9. The molecule has 1 aromatic rings. The minimum atomic E-state index is -0.329. The highest BCUT2D eigenvalue weighted by atomic mass is 16.5. The molecule has 1 saturated carbocycles. The molecule has 1 aliphatic carbocycles. The van der Waals surface area contributed by atoms with Gasteiger partial charge in [-0.1, -0.05) is 0 Å². The van der Waals surface area contributed by atoms with Crippen molar-refractivity contribution in [3.8, 4) is 11.8 Å². The van der Waals surface area contributed by atoms with Crippen molar-refractivity contribution < 1.29 is 9.53 Å². The molecule has 0 amide bonds. The largest absolute Gasteiger partial charge is 0.484 e. The molecule has 0 radical (unpaired) electrons. The van der Waals surface area contributed by atoms with Gasteiger partial charge in [0.05, 0.1) is 29.9 Å². The fraction of sp³-hybridized carbons (Fsp3) is 0.500. The van der Waals surface area contributed by atoms with Crippen molar-refractivity contribution >= 4 is 11.5 Å². The van der Waals surface area contributed by atoms with Crippen LogP contribution in [-0.2, 0) is 4.79 Å². The number of fused-ring (bicyclic) bond motifs is 1. The smallest absolute Gasteiger partial charge is 0.155 e. The third-order valence-corrected chi connectivity index (χ3v) is 3.98. The van der Waals surface area contributed by atoms with Gasteiger partial charge in [-0.3, -0.25) is 4.79 Å². The van der Waals surface area contributed by atoms with E-state index in [1.807, 2.05) is 26.0 Å². The fourth-order valence-corrected chi connectivity index (χ4v) is 3.13. The molecule has 0 bridgehead atoms. The average Bonchev–Trinajstić information content (AvgIpc) is 2.82. The van der Waals surface area contributed by atoms with Gasteiger partial charge in [-0.25, -0.2) is 0 Å². The summed E-state index contributed by atoms with van der Waals surface area (Å²) in [5.74, 6) is 1.07. The monoisotopic (exact) mass is 270 g/mol. The highest BCUT2D eigenvalue weighted by Gasteiger charge is 2.39. The predicted molar refractivity (Wildman–Crippen MR) is 75.9 cm³/mol. The number of nitriles is 1. The van der Waals surface area contributed by atoms with Gasteiger partial charge < -0.3 is 9.64 Å². The first-order chi connectivity index (χ1) is 9.50. The summed E-state index contributed by atoms with van der Waals surface area (Å²) in [7, 11) is 0. The second kappa shape index (κ2) is 4.52. The Kier molecular flexibility index (Phi) is 2.93. The van der Waals surface area contributed by atoms with Crippen LogP contribution in [0.5, 0.6) is 5.75 Å². The van der Waals surface area contributed by atoms with Crippen molar-refractivity contribution in [3.05, 3.63) is 23.8 Å². The number of anilines is 1. The van der Waals surface area contributed by atoms with E-state index in [-0.39, 0.29) is 11.6 Å². The maximum atomic E-state index is 12.1. The summed E-state index contributed by atoms with van der Waals surface area (Å²) in [6.07, 6.45) is 2.51. The maximum absolute atomic E-state index is 12.1. The van der Waals surface area contributed by atoms with Crippen LogP contribution in [0.2, 0.25) is 0 Å². The first-order valence-corrected chi connectivity index (χ1v) is 7.03. The van der Waals surface area contributed by atoms with Gasteiger partial charge in [-0.2, -0.15) is 5.26 Å². The molecule has 1 heterocycles. The first kappa shape index (κ1) is 13.0. The van der Waals surface area contributed by atoms with Crippen molar-refractivity contribution in [2.24, 2.45) is 0 Å². The SMILES string of the molecule is CC1(C)CN(C2CCCC2=O)c2cc(C#N)ccc2O1. The molecule has 1 atom stereocenters. The van der Waals surface area contributed by atoms with Crippen LogP contribution in [0.15, 0.2) is 18.2 Å². The van der Waals surface area contributed by atoms with Crippen LogP contribution < -0.4 is 9.64 Å². The van der Waals surface area contributed by atoms with Crippen LogP contribution in [0, 0.1) is 11.3 Å². The van der Waals surface area contributed by atoms with E-state index < -0.39 is 0 Å². The van der Waals surface area contributed by atoms with Crippen LogP contribution in [0.1, 0.15) is 38.7 Å². The predicted octanol–water partition coefficient (Wildman–Crippen LogP) is 2.66.